The van der Waals surface area contributed by atoms with Crippen LogP contribution in [0.5, 0.6) is 0 Å². The predicted molar refractivity (Wildman–Crippen MR) is 72.3 cm³/mol. The number of H-pyrrole nitrogens is 1. The Labute approximate surface area is 129 Å². The standard InChI is InChI=1S/C13H15FN2O7/c1-6(17)21-5-8-11(22-7(2)18)10(14)12(23-8)16-4-3-9(19)15-13(16)20/h3-4,8,10-12H,5H2,1-2H3,(H,15,19,20)/t8-,10+,11-,12-/m1/s1. The minimum absolute atomic E-state index is 0.345. The quantitative estimate of drug-likeness (QED) is 0.723. The Kier molecular flexibility index (Phi) is 4.94. The number of nitrogens with zero attached hydrogens (tertiary/aromatic N) is 1. The molecular formula is C13H15FN2O7. The molecule has 0 radical (unpaired) electrons. The lowest BCUT2D eigenvalue weighted by molar-refractivity contribution is -0.156. The highest BCUT2D eigenvalue weighted by molar-refractivity contribution is 5.66. The minimum Gasteiger partial charge on any atom is -0.463 e. The van der Waals surface area contributed by atoms with E-state index in [4.69, 9.17) is 14.2 Å². The van der Waals surface area contributed by atoms with Crippen LogP contribution in [0.4, 0.5) is 4.39 Å². The molecule has 0 saturated carbocycles. The number of carbonyl (C=O) groups excluding carboxylic acids is 2. The number of nitrogens with one attached hydrogen (secondary N) is 1. The van der Waals surface area contributed by atoms with Gasteiger partial charge in [-0.2, -0.15) is 0 Å². The fraction of sp³-hybridized carbons (Fsp3) is 0.538. The Morgan fingerprint density at radius 2 is 2.04 bits per heavy atom. The summed E-state index contributed by atoms with van der Waals surface area (Å²) < 4.78 is 30.4. The molecule has 0 aliphatic carbocycles. The molecule has 23 heavy (non-hydrogen) atoms. The van der Waals surface area contributed by atoms with Gasteiger partial charge in [-0.05, 0) is 0 Å². The van der Waals surface area contributed by atoms with E-state index in [0.29, 0.717) is 0 Å². The molecule has 1 aromatic rings. The van der Waals surface area contributed by atoms with E-state index in [0.717, 1.165) is 30.7 Å². The van der Waals surface area contributed by atoms with Gasteiger partial charge in [-0.15, -0.1) is 0 Å². The normalized spacial score (nSPS) is 26.7. The van der Waals surface area contributed by atoms with Crippen molar-refractivity contribution in [3.8, 4) is 0 Å². The summed E-state index contributed by atoms with van der Waals surface area (Å²) in [4.78, 5) is 46.8. The molecule has 9 nitrogen and oxygen atoms in total. The molecule has 0 bridgehead atoms. The maximum absolute atomic E-state index is 14.6. The average molecular weight is 330 g/mol. The number of carbonyl (C=O) groups is 2. The number of esters is 2. The minimum atomic E-state index is -1.89. The highest BCUT2D eigenvalue weighted by Gasteiger charge is 2.49. The highest BCUT2D eigenvalue weighted by atomic mass is 19.1. The van der Waals surface area contributed by atoms with Crippen molar-refractivity contribution in [1.82, 2.24) is 9.55 Å². The summed E-state index contributed by atoms with van der Waals surface area (Å²) >= 11 is 0. The van der Waals surface area contributed by atoms with Gasteiger partial charge in [-0.1, -0.05) is 0 Å². The van der Waals surface area contributed by atoms with Gasteiger partial charge in [0.1, 0.15) is 12.7 Å². The van der Waals surface area contributed by atoms with E-state index in [1.54, 1.807) is 0 Å². The molecular weight excluding hydrogens is 315 g/mol. The van der Waals surface area contributed by atoms with E-state index < -0.39 is 47.8 Å². The fourth-order valence-electron chi connectivity index (χ4n) is 2.21. The first kappa shape index (κ1) is 16.9. The monoisotopic (exact) mass is 330 g/mol. The summed E-state index contributed by atoms with van der Waals surface area (Å²) in [6.07, 6.45) is -4.68. The van der Waals surface area contributed by atoms with Crippen LogP contribution in [0.2, 0.25) is 0 Å². The van der Waals surface area contributed by atoms with E-state index in [1.165, 1.54) is 0 Å². The van der Waals surface area contributed by atoms with Crippen LogP contribution < -0.4 is 11.2 Å². The number of halogens is 1. The molecule has 0 aromatic carbocycles. The molecule has 126 valence electrons. The maximum atomic E-state index is 14.6. The van der Waals surface area contributed by atoms with Crippen LogP contribution in [-0.4, -0.2) is 46.5 Å². The number of aromatic nitrogens is 2. The molecule has 1 aliphatic rings. The lowest BCUT2D eigenvalue weighted by atomic mass is 10.1. The van der Waals surface area contributed by atoms with E-state index in [9.17, 15) is 23.6 Å². The molecule has 1 N–H and O–H groups in total. The first-order valence-electron chi connectivity index (χ1n) is 6.71. The molecule has 10 heteroatoms. The summed E-state index contributed by atoms with van der Waals surface area (Å²) in [6, 6.07) is 1.03. The van der Waals surface area contributed by atoms with Crippen molar-refractivity contribution < 1.29 is 28.2 Å². The van der Waals surface area contributed by atoms with Crippen LogP contribution in [0, 0.1) is 0 Å². The van der Waals surface area contributed by atoms with E-state index >= 15 is 0 Å². The van der Waals surface area contributed by atoms with Gasteiger partial charge in [-0.25, -0.2) is 9.18 Å². The number of aromatic amines is 1. The van der Waals surface area contributed by atoms with Gasteiger partial charge in [0.25, 0.3) is 5.56 Å². The third-order valence-corrected chi connectivity index (χ3v) is 3.15. The highest BCUT2D eigenvalue weighted by Crippen LogP contribution is 2.33. The van der Waals surface area contributed by atoms with Crippen LogP contribution >= 0.6 is 0 Å². The Balaban J connectivity index is 2.27. The molecule has 0 spiro atoms. The number of hydrogen-bond acceptors (Lipinski definition) is 7. The number of ether oxygens (including phenoxy) is 3. The topological polar surface area (TPSA) is 117 Å². The largest absolute Gasteiger partial charge is 0.463 e. The van der Waals surface area contributed by atoms with Gasteiger partial charge < -0.3 is 14.2 Å². The maximum Gasteiger partial charge on any atom is 0.330 e. The Bertz CT molecular complexity index is 713. The first-order chi connectivity index (χ1) is 10.8. The average Bonchev–Trinajstić information content (AvgIpc) is 2.73. The molecule has 1 aromatic heterocycles. The van der Waals surface area contributed by atoms with Gasteiger partial charge >= 0.3 is 17.6 Å². The Hall–Kier alpha value is -2.49. The zero-order valence-electron chi connectivity index (χ0n) is 12.4. The molecule has 0 amide bonds. The van der Waals surface area contributed by atoms with Crippen LogP contribution in [0.15, 0.2) is 21.9 Å². The summed E-state index contributed by atoms with van der Waals surface area (Å²) in [7, 11) is 0. The van der Waals surface area contributed by atoms with Gasteiger partial charge in [0.15, 0.2) is 18.5 Å². The third kappa shape index (κ3) is 3.83. The van der Waals surface area contributed by atoms with Crippen molar-refractivity contribution in [3.05, 3.63) is 33.1 Å². The van der Waals surface area contributed by atoms with Crippen molar-refractivity contribution in [2.24, 2.45) is 0 Å². The van der Waals surface area contributed by atoms with E-state index in [-0.39, 0.29) is 6.61 Å². The summed E-state index contributed by atoms with van der Waals surface area (Å²) in [5, 5.41) is 0. The molecule has 0 unspecified atom stereocenters. The first-order valence-corrected chi connectivity index (χ1v) is 6.71. The van der Waals surface area contributed by atoms with Crippen molar-refractivity contribution in [3.63, 3.8) is 0 Å². The summed E-state index contributed by atoms with van der Waals surface area (Å²) in [5.41, 5.74) is -1.52. The van der Waals surface area contributed by atoms with Crippen molar-refractivity contribution >= 4 is 11.9 Å². The lowest BCUT2D eigenvalue weighted by Gasteiger charge is -2.18. The van der Waals surface area contributed by atoms with Crippen LogP contribution in [0.1, 0.15) is 20.1 Å². The van der Waals surface area contributed by atoms with Gasteiger partial charge in [0.05, 0.1) is 0 Å². The molecule has 4 atom stereocenters. The Morgan fingerprint density at radius 1 is 1.35 bits per heavy atom. The molecule has 2 heterocycles. The van der Waals surface area contributed by atoms with Gasteiger partial charge in [0, 0.05) is 26.1 Å². The lowest BCUT2D eigenvalue weighted by Crippen LogP contribution is -2.37. The fourth-order valence-corrected chi connectivity index (χ4v) is 2.21. The second-order valence-electron chi connectivity index (χ2n) is 4.90. The van der Waals surface area contributed by atoms with Crippen LogP contribution in [0.25, 0.3) is 0 Å². The summed E-state index contributed by atoms with van der Waals surface area (Å²) in [5.74, 6) is -1.36. The second-order valence-corrected chi connectivity index (χ2v) is 4.90. The predicted octanol–water partition coefficient (Wildman–Crippen LogP) is -0.733. The second kappa shape index (κ2) is 6.73. The van der Waals surface area contributed by atoms with Gasteiger partial charge in [0.2, 0.25) is 0 Å². The SMILES string of the molecule is CC(=O)OC[C@H]1O[C@@H](n2ccc(=O)[nH]c2=O)[C@@H](F)[C@@H]1OC(C)=O. The molecule has 2 rings (SSSR count). The molecule has 1 fully saturated rings. The van der Waals surface area contributed by atoms with Crippen molar-refractivity contribution in [2.45, 2.75) is 38.5 Å². The molecule has 1 saturated heterocycles. The molecule has 1 aliphatic heterocycles. The third-order valence-electron chi connectivity index (χ3n) is 3.15. The number of alkyl halides is 1. The zero-order chi connectivity index (χ0) is 17.1. The van der Waals surface area contributed by atoms with E-state index in [1.807, 2.05) is 4.98 Å². The van der Waals surface area contributed by atoms with Crippen molar-refractivity contribution in [2.75, 3.05) is 6.61 Å². The number of rotatable bonds is 4. The zero-order valence-corrected chi connectivity index (χ0v) is 12.4. The summed E-state index contributed by atoms with van der Waals surface area (Å²) in [6.45, 7) is 1.91. The van der Waals surface area contributed by atoms with Crippen LogP contribution in [-0.2, 0) is 23.8 Å². The van der Waals surface area contributed by atoms with Crippen LogP contribution in [0.3, 0.4) is 0 Å². The Morgan fingerprint density at radius 3 is 2.61 bits per heavy atom. The number of hydrogen-bond donors (Lipinski definition) is 1. The van der Waals surface area contributed by atoms with Crippen molar-refractivity contribution in [1.29, 1.82) is 0 Å². The smallest absolute Gasteiger partial charge is 0.330 e. The van der Waals surface area contributed by atoms with Gasteiger partial charge in [-0.3, -0.25) is 23.9 Å². The van der Waals surface area contributed by atoms with E-state index in [2.05, 4.69) is 0 Å².